The van der Waals surface area contributed by atoms with Crippen LogP contribution in [0.1, 0.15) is 36.1 Å². The zero-order valence-corrected chi connectivity index (χ0v) is 10.7. The third-order valence-electron chi connectivity index (χ3n) is 3.69. The van der Waals surface area contributed by atoms with Crippen LogP contribution in [0.5, 0.6) is 0 Å². The molecule has 2 aromatic rings. The fourth-order valence-electron chi connectivity index (χ4n) is 2.66. The maximum Gasteiger partial charge on any atom is 0.280 e. The van der Waals surface area contributed by atoms with Crippen molar-refractivity contribution in [3.63, 3.8) is 0 Å². The largest absolute Gasteiger partial charge is 0.383 e. The summed E-state index contributed by atoms with van der Waals surface area (Å²) in [6.07, 6.45) is 1.51. The number of nitrogens with one attached hydrogen (secondary N) is 2. The summed E-state index contributed by atoms with van der Waals surface area (Å²) in [5.41, 5.74) is 0.439. The van der Waals surface area contributed by atoms with Gasteiger partial charge in [0.1, 0.15) is 5.76 Å². The minimum atomic E-state index is -0.849. The van der Waals surface area contributed by atoms with E-state index in [-0.39, 0.29) is 17.5 Å². The number of rotatable bonds is 2. The molecule has 2 atom stereocenters. The lowest BCUT2D eigenvalue weighted by molar-refractivity contribution is 0.295. The topological polar surface area (TPSA) is 58.0 Å². The third-order valence-corrected chi connectivity index (χ3v) is 3.69. The summed E-state index contributed by atoms with van der Waals surface area (Å²) in [5.74, 6) is -0.991. The Morgan fingerprint density at radius 1 is 1.20 bits per heavy atom. The number of piperidine rings is 1. The molecule has 3 rings (SSSR count). The molecular weight excluding hydrogens is 266 g/mol. The van der Waals surface area contributed by atoms with Crippen LogP contribution in [0, 0.1) is 11.6 Å². The van der Waals surface area contributed by atoms with E-state index in [4.69, 9.17) is 4.52 Å². The Labute approximate surface area is 113 Å². The van der Waals surface area contributed by atoms with E-state index in [1.54, 1.807) is 6.07 Å². The van der Waals surface area contributed by atoms with E-state index in [2.05, 4.69) is 10.5 Å². The lowest BCUT2D eigenvalue weighted by Gasteiger charge is -2.29. The average Bonchev–Trinajstić information content (AvgIpc) is 2.89. The first kappa shape index (κ1) is 13.1. The summed E-state index contributed by atoms with van der Waals surface area (Å²) < 4.78 is 31.4. The van der Waals surface area contributed by atoms with E-state index in [1.165, 1.54) is 12.1 Å². The van der Waals surface area contributed by atoms with E-state index < -0.39 is 11.6 Å². The number of hydrogen-bond acceptors (Lipinski definition) is 3. The molecular formula is C14H14F2N2O2. The number of hydrogen-bond donors (Lipinski definition) is 2. The van der Waals surface area contributed by atoms with Crippen LogP contribution in [0.3, 0.4) is 0 Å². The maximum absolute atomic E-state index is 13.3. The minimum absolute atomic E-state index is 0.0796. The van der Waals surface area contributed by atoms with Gasteiger partial charge in [-0.1, -0.05) is 6.07 Å². The Kier molecular flexibility index (Phi) is 3.40. The van der Waals surface area contributed by atoms with E-state index in [0.29, 0.717) is 17.7 Å². The summed E-state index contributed by atoms with van der Waals surface area (Å²) in [6.45, 7) is 0.725. The smallest absolute Gasteiger partial charge is 0.280 e. The van der Waals surface area contributed by atoms with E-state index >= 15 is 0 Å². The fraction of sp³-hybridized carbons (Fsp3) is 0.357. The number of H-pyrrole nitrogens is 1. The number of halogens is 2. The first-order chi connectivity index (χ1) is 9.63. The SMILES string of the molecule is O=c1cc([C@@H]2CCN[C@@H](c3ccc(F)c(F)c3)C2)o[nH]1. The van der Waals surface area contributed by atoms with Crippen molar-refractivity contribution in [1.29, 1.82) is 0 Å². The second kappa shape index (κ2) is 5.20. The zero-order chi connectivity index (χ0) is 14.1. The predicted octanol–water partition coefficient (Wildman–Crippen LogP) is 2.45. The van der Waals surface area contributed by atoms with Gasteiger partial charge in [-0.3, -0.25) is 4.79 Å². The summed E-state index contributed by atoms with van der Waals surface area (Å²) >= 11 is 0. The highest BCUT2D eigenvalue weighted by atomic mass is 19.2. The Morgan fingerprint density at radius 2 is 2.05 bits per heavy atom. The second-order valence-electron chi connectivity index (χ2n) is 5.02. The van der Waals surface area contributed by atoms with Crippen molar-refractivity contribution in [3.8, 4) is 0 Å². The number of benzene rings is 1. The molecule has 1 aliphatic heterocycles. The van der Waals surface area contributed by atoms with Gasteiger partial charge in [0.15, 0.2) is 11.6 Å². The van der Waals surface area contributed by atoms with Gasteiger partial charge in [-0.2, -0.15) is 5.16 Å². The van der Waals surface area contributed by atoms with Gasteiger partial charge in [0.25, 0.3) is 5.56 Å². The second-order valence-corrected chi connectivity index (χ2v) is 5.02. The van der Waals surface area contributed by atoms with Gasteiger partial charge >= 0.3 is 0 Å². The summed E-state index contributed by atoms with van der Waals surface area (Å²) in [7, 11) is 0. The minimum Gasteiger partial charge on any atom is -0.383 e. The number of aromatic amines is 1. The monoisotopic (exact) mass is 280 g/mol. The van der Waals surface area contributed by atoms with Crippen molar-refractivity contribution in [2.75, 3.05) is 6.54 Å². The lowest BCUT2D eigenvalue weighted by Crippen LogP contribution is -2.31. The van der Waals surface area contributed by atoms with Crippen LogP contribution in [0.4, 0.5) is 8.78 Å². The van der Waals surface area contributed by atoms with Crippen LogP contribution in [0.15, 0.2) is 33.6 Å². The van der Waals surface area contributed by atoms with E-state index in [9.17, 15) is 13.6 Å². The van der Waals surface area contributed by atoms with E-state index in [1.807, 2.05) is 0 Å². The van der Waals surface area contributed by atoms with Gasteiger partial charge in [0.2, 0.25) is 0 Å². The molecule has 0 unspecified atom stereocenters. The first-order valence-corrected chi connectivity index (χ1v) is 6.50. The Bertz CT molecular complexity index is 665. The molecule has 0 amide bonds. The van der Waals surface area contributed by atoms with Crippen LogP contribution in [0.2, 0.25) is 0 Å². The van der Waals surface area contributed by atoms with Gasteiger partial charge in [-0.15, -0.1) is 0 Å². The van der Waals surface area contributed by atoms with E-state index in [0.717, 1.165) is 19.0 Å². The molecule has 20 heavy (non-hydrogen) atoms. The zero-order valence-electron chi connectivity index (χ0n) is 10.7. The summed E-state index contributed by atoms with van der Waals surface area (Å²) in [5, 5.41) is 5.55. The molecule has 1 fully saturated rings. The molecule has 6 heteroatoms. The van der Waals surface area contributed by atoms with Gasteiger partial charge in [-0.25, -0.2) is 8.78 Å². The molecule has 0 radical (unpaired) electrons. The Morgan fingerprint density at radius 3 is 2.75 bits per heavy atom. The highest BCUT2D eigenvalue weighted by molar-refractivity contribution is 5.23. The van der Waals surface area contributed by atoms with Crippen molar-refractivity contribution in [3.05, 3.63) is 57.6 Å². The van der Waals surface area contributed by atoms with Crippen LogP contribution < -0.4 is 10.9 Å². The first-order valence-electron chi connectivity index (χ1n) is 6.50. The standard InChI is InChI=1S/C14H14F2N2O2/c15-10-2-1-8(5-11(10)16)12-6-9(3-4-17-12)13-7-14(19)18-20-13/h1-2,5,7,9,12,17H,3-4,6H2,(H,18,19)/t9-,12-/m1/s1. The average molecular weight is 280 g/mol. The summed E-state index contributed by atoms with van der Waals surface area (Å²) in [6, 6.07) is 5.28. The quantitative estimate of drug-likeness (QED) is 0.888. The molecule has 0 aliphatic carbocycles. The normalized spacial score (nSPS) is 22.9. The molecule has 1 aliphatic rings. The molecule has 2 N–H and O–H groups in total. The molecule has 1 aromatic heterocycles. The van der Waals surface area contributed by atoms with Crippen molar-refractivity contribution in [2.45, 2.75) is 24.8 Å². The molecule has 106 valence electrons. The van der Waals surface area contributed by atoms with Gasteiger partial charge in [0, 0.05) is 18.0 Å². The molecule has 0 spiro atoms. The molecule has 0 bridgehead atoms. The van der Waals surface area contributed by atoms with Gasteiger partial charge < -0.3 is 9.84 Å². The Balaban J connectivity index is 1.81. The molecule has 4 nitrogen and oxygen atoms in total. The lowest BCUT2D eigenvalue weighted by atomic mass is 9.87. The van der Waals surface area contributed by atoms with Crippen molar-refractivity contribution in [1.82, 2.24) is 10.5 Å². The molecule has 0 saturated carbocycles. The van der Waals surface area contributed by atoms with Crippen molar-refractivity contribution in [2.24, 2.45) is 0 Å². The predicted molar refractivity (Wildman–Crippen MR) is 68.4 cm³/mol. The number of aromatic nitrogens is 1. The highest BCUT2D eigenvalue weighted by Crippen LogP contribution is 2.33. The van der Waals surface area contributed by atoms with Gasteiger partial charge in [0.05, 0.1) is 0 Å². The molecule has 1 saturated heterocycles. The molecule has 1 aromatic carbocycles. The third kappa shape index (κ3) is 2.51. The van der Waals surface area contributed by atoms with Crippen LogP contribution in [-0.2, 0) is 0 Å². The highest BCUT2D eigenvalue weighted by Gasteiger charge is 2.26. The van der Waals surface area contributed by atoms with Gasteiger partial charge in [-0.05, 0) is 37.1 Å². The van der Waals surface area contributed by atoms with Crippen LogP contribution >= 0.6 is 0 Å². The summed E-state index contributed by atoms with van der Waals surface area (Å²) in [4.78, 5) is 11.1. The maximum atomic E-state index is 13.3. The van der Waals surface area contributed by atoms with Crippen LogP contribution in [-0.4, -0.2) is 11.7 Å². The van der Waals surface area contributed by atoms with Crippen molar-refractivity contribution < 1.29 is 13.3 Å². The molecule has 2 heterocycles. The van der Waals surface area contributed by atoms with Crippen LogP contribution in [0.25, 0.3) is 0 Å². The fourth-order valence-corrected chi connectivity index (χ4v) is 2.66. The Hall–Kier alpha value is -1.95. The van der Waals surface area contributed by atoms with Crippen molar-refractivity contribution >= 4 is 0 Å².